The first kappa shape index (κ1) is 20.9. The van der Waals surface area contributed by atoms with Crippen LogP contribution in [-0.2, 0) is 4.79 Å². The summed E-state index contributed by atoms with van der Waals surface area (Å²) in [5, 5.41) is 1.93. The van der Waals surface area contributed by atoms with Gasteiger partial charge in [-0.3, -0.25) is 9.59 Å². The summed E-state index contributed by atoms with van der Waals surface area (Å²) < 4.78 is 5.29. The molecule has 0 radical (unpaired) electrons. The number of thiophene rings is 1. The van der Waals surface area contributed by atoms with Gasteiger partial charge in [-0.25, -0.2) is 0 Å². The standard InChI is InChI=1S/C24H30N2O3S/c1-29-20-10-8-18(9-11-20)21-6-3-2-4-14-26(21)23(27)19-12-15-25(16-13-19)24(28)22-7-5-17-30-22/h5,7-11,17,19,21H,2-4,6,12-16H2,1H3. The lowest BCUT2D eigenvalue weighted by molar-refractivity contribution is -0.139. The Morgan fingerprint density at radius 1 is 0.967 bits per heavy atom. The quantitative estimate of drug-likeness (QED) is 0.709. The Balaban J connectivity index is 1.43. The van der Waals surface area contributed by atoms with E-state index in [1.54, 1.807) is 7.11 Å². The monoisotopic (exact) mass is 426 g/mol. The third-order valence-corrected chi connectivity index (χ3v) is 7.26. The summed E-state index contributed by atoms with van der Waals surface area (Å²) in [6.07, 6.45) is 5.89. The molecule has 2 amide bonds. The number of rotatable bonds is 4. The molecular weight excluding hydrogens is 396 g/mol. The summed E-state index contributed by atoms with van der Waals surface area (Å²) in [5.41, 5.74) is 1.19. The van der Waals surface area contributed by atoms with Gasteiger partial charge >= 0.3 is 0 Å². The minimum Gasteiger partial charge on any atom is -0.497 e. The molecule has 2 aromatic rings. The smallest absolute Gasteiger partial charge is 0.263 e. The second-order valence-electron chi connectivity index (χ2n) is 8.21. The van der Waals surface area contributed by atoms with Crippen molar-refractivity contribution in [2.45, 2.75) is 44.6 Å². The molecule has 2 fully saturated rings. The van der Waals surface area contributed by atoms with E-state index in [0.717, 1.165) is 49.3 Å². The highest BCUT2D eigenvalue weighted by atomic mass is 32.1. The Morgan fingerprint density at radius 2 is 1.73 bits per heavy atom. The van der Waals surface area contributed by atoms with Crippen molar-refractivity contribution < 1.29 is 14.3 Å². The fraction of sp³-hybridized carbons (Fsp3) is 0.500. The van der Waals surface area contributed by atoms with Crippen LogP contribution in [0.3, 0.4) is 0 Å². The van der Waals surface area contributed by atoms with Crippen molar-refractivity contribution >= 4 is 23.2 Å². The SMILES string of the molecule is COc1ccc(C2CCCCCN2C(=O)C2CCN(C(=O)c3cccs3)CC2)cc1. The second-order valence-corrected chi connectivity index (χ2v) is 9.16. The van der Waals surface area contributed by atoms with Crippen molar-refractivity contribution in [3.05, 3.63) is 52.2 Å². The van der Waals surface area contributed by atoms with E-state index < -0.39 is 0 Å². The molecule has 160 valence electrons. The Labute approximate surface area is 182 Å². The summed E-state index contributed by atoms with van der Waals surface area (Å²) in [5.74, 6) is 1.21. The molecule has 2 aliphatic rings. The van der Waals surface area contributed by atoms with E-state index in [9.17, 15) is 9.59 Å². The van der Waals surface area contributed by atoms with Crippen LogP contribution >= 0.6 is 11.3 Å². The van der Waals surface area contributed by atoms with Gasteiger partial charge in [0, 0.05) is 25.6 Å². The first-order chi connectivity index (χ1) is 14.7. The van der Waals surface area contributed by atoms with Gasteiger partial charge in [-0.05, 0) is 54.8 Å². The molecule has 0 bridgehead atoms. The molecule has 1 atom stereocenters. The zero-order valence-corrected chi connectivity index (χ0v) is 18.4. The van der Waals surface area contributed by atoms with Gasteiger partial charge in [0.2, 0.25) is 5.91 Å². The van der Waals surface area contributed by atoms with Crippen molar-refractivity contribution in [3.8, 4) is 5.75 Å². The molecule has 30 heavy (non-hydrogen) atoms. The number of piperidine rings is 1. The highest BCUT2D eigenvalue weighted by Gasteiger charge is 2.34. The predicted octanol–water partition coefficient (Wildman–Crippen LogP) is 4.75. The summed E-state index contributed by atoms with van der Waals surface area (Å²) >= 11 is 1.48. The molecule has 5 nitrogen and oxygen atoms in total. The Hall–Kier alpha value is -2.34. The van der Waals surface area contributed by atoms with Gasteiger partial charge in [0.05, 0.1) is 18.0 Å². The van der Waals surface area contributed by atoms with Gasteiger partial charge in [0.15, 0.2) is 0 Å². The zero-order valence-electron chi connectivity index (χ0n) is 17.6. The molecule has 3 heterocycles. The van der Waals surface area contributed by atoms with E-state index in [-0.39, 0.29) is 23.8 Å². The summed E-state index contributed by atoms with van der Waals surface area (Å²) in [4.78, 5) is 30.9. The summed E-state index contributed by atoms with van der Waals surface area (Å²) in [6.45, 7) is 2.15. The fourth-order valence-electron chi connectivity index (χ4n) is 4.66. The Bertz CT molecular complexity index is 842. The van der Waals surface area contributed by atoms with E-state index >= 15 is 0 Å². The maximum atomic E-state index is 13.5. The van der Waals surface area contributed by atoms with Gasteiger partial charge in [0.25, 0.3) is 5.91 Å². The first-order valence-electron chi connectivity index (χ1n) is 10.9. The average molecular weight is 427 g/mol. The third kappa shape index (κ3) is 4.53. The number of benzene rings is 1. The molecule has 1 aromatic heterocycles. The van der Waals surface area contributed by atoms with Crippen LogP contribution in [0.5, 0.6) is 5.75 Å². The largest absolute Gasteiger partial charge is 0.497 e. The predicted molar refractivity (Wildman–Crippen MR) is 119 cm³/mol. The van der Waals surface area contributed by atoms with Gasteiger partial charge in [-0.1, -0.05) is 31.0 Å². The average Bonchev–Trinajstić information content (AvgIpc) is 3.23. The number of hydrogen-bond donors (Lipinski definition) is 0. The lowest BCUT2D eigenvalue weighted by Crippen LogP contribution is -2.45. The molecule has 4 rings (SSSR count). The van der Waals surface area contributed by atoms with Gasteiger partial charge < -0.3 is 14.5 Å². The number of likely N-dealkylation sites (tertiary alicyclic amines) is 2. The molecule has 2 aliphatic heterocycles. The fourth-order valence-corrected chi connectivity index (χ4v) is 5.36. The normalized spacial score (nSPS) is 20.6. The molecular formula is C24H30N2O3S. The van der Waals surface area contributed by atoms with Gasteiger partial charge in [0.1, 0.15) is 5.75 Å². The Kier molecular flexibility index (Phi) is 6.72. The van der Waals surface area contributed by atoms with Crippen LogP contribution < -0.4 is 4.74 Å². The van der Waals surface area contributed by atoms with Crippen LogP contribution in [0.15, 0.2) is 41.8 Å². The number of methoxy groups -OCH3 is 1. The lowest BCUT2D eigenvalue weighted by Gasteiger charge is -2.37. The van der Waals surface area contributed by atoms with Crippen molar-refractivity contribution in [2.75, 3.05) is 26.7 Å². The van der Waals surface area contributed by atoms with Crippen LogP contribution in [0.2, 0.25) is 0 Å². The number of nitrogens with zero attached hydrogens (tertiary/aromatic N) is 2. The third-order valence-electron chi connectivity index (χ3n) is 6.40. The second kappa shape index (κ2) is 9.65. The number of ether oxygens (including phenoxy) is 1. The minimum atomic E-state index is 0.0104. The van der Waals surface area contributed by atoms with E-state index in [2.05, 4.69) is 17.0 Å². The number of amides is 2. The maximum absolute atomic E-state index is 13.5. The van der Waals surface area contributed by atoms with Crippen molar-refractivity contribution in [1.29, 1.82) is 0 Å². The number of hydrogen-bond acceptors (Lipinski definition) is 4. The van der Waals surface area contributed by atoms with Crippen LogP contribution in [0.25, 0.3) is 0 Å². The minimum absolute atomic E-state index is 0.0104. The molecule has 6 heteroatoms. The molecule has 2 saturated heterocycles. The van der Waals surface area contributed by atoms with Crippen LogP contribution in [0.4, 0.5) is 0 Å². The van der Waals surface area contributed by atoms with Crippen LogP contribution in [-0.4, -0.2) is 48.4 Å². The first-order valence-corrected chi connectivity index (χ1v) is 11.8. The topological polar surface area (TPSA) is 49.9 Å². The van der Waals surface area contributed by atoms with Gasteiger partial charge in [-0.2, -0.15) is 0 Å². The van der Waals surface area contributed by atoms with Crippen LogP contribution in [0.1, 0.15) is 59.8 Å². The maximum Gasteiger partial charge on any atom is 0.263 e. The number of carbonyl (C=O) groups is 2. The van der Waals surface area contributed by atoms with E-state index in [4.69, 9.17) is 4.74 Å². The van der Waals surface area contributed by atoms with E-state index in [1.165, 1.54) is 23.3 Å². The molecule has 1 aromatic carbocycles. The van der Waals surface area contributed by atoms with Crippen molar-refractivity contribution in [2.24, 2.45) is 5.92 Å². The zero-order chi connectivity index (χ0) is 20.9. The van der Waals surface area contributed by atoms with E-state index in [1.807, 2.05) is 34.5 Å². The number of carbonyl (C=O) groups excluding carboxylic acids is 2. The van der Waals surface area contributed by atoms with Gasteiger partial charge in [-0.15, -0.1) is 11.3 Å². The van der Waals surface area contributed by atoms with Crippen molar-refractivity contribution in [1.82, 2.24) is 9.80 Å². The Morgan fingerprint density at radius 3 is 2.40 bits per heavy atom. The summed E-state index contributed by atoms with van der Waals surface area (Å²) in [7, 11) is 1.67. The molecule has 1 unspecified atom stereocenters. The highest BCUT2D eigenvalue weighted by molar-refractivity contribution is 7.12. The molecule has 0 aliphatic carbocycles. The molecule has 0 N–H and O–H groups in total. The van der Waals surface area contributed by atoms with Crippen molar-refractivity contribution in [3.63, 3.8) is 0 Å². The molecule has 0 saturated carbocycles. The van der Waals surface area contributed by atoms with Crippen LogP contribution in [0, 0.1) is 5.92 Å². The highest BCUT2D eigenvalue weighted by Crippen LogP contribution is 2.34. The summed E-state index contributed by atoms with van der Waals surface area (Å²) in [6, 6.07) is 12.1. The molecule has 0 spiro atoms. The van der Waals surface area contributed by atoms with E-state index in [0.29, 0.717) is 13.1 Å². The lowest BCUT2D eigenvalue weighted by atomic mass is 9.93.